The van der Waals surface area contributed by atoms with E-state index >= 15 is 0 Å². The SMILES string of the molecule is COc1cc(NC(=O)c2ccc(C3SCCS3)cc2)ccc1N1CCOC1=O. The molecule has 4 rings (SSSR count). The van der Waals surface area contributed by atoms with Crippen molar-refractivity contribution >= 4 is 46.9 Å². The van der Waals surface area contributed by atoms with E-state index in [0.717, 1.165) is 0 Å². The Labute approximate surface area is 172 Å². The fourth-order valence-corrected chi connectivity index (χ4v) is 6.00. The molecule has 28 heavy (non-hydrogen) atoms. The van der Waals surface area contributed by atoms with E-state index in [9.17, 15) is 9.59 Å². The van der Waals surface area contributed by atoms with Crippen molar-refractivity contribution in [2.45, 2.75) is 4.58 Å². The lowest BCUT2D eigenvalue weighted by Crippen LogP contribution is -2.24. The first-order valence-electron chi connectivity index (χ1n) is 8.92. The van der Waals surface area contributed by atoms with E-state index in [1.807, 2.05) is 47.8 Å². The maximum absolute atomic E-state index is 12.6. The zero-order valence-electron chi connectivity index (χ0n) is 15.3. The van der Waals surface area contributed by atoms with Crippen LogP contribution < -0.4 is 15.0 Å². The third-order valence-electron chi connectivity index (χ3n) is 4.56. The second kappa shape index (κ2) is 8.36. The highest BCUT2D eigenvalue weighted by atomic mass is 32.2. The molecule has 2 amide bonds. The van der Waals surface area contributed by atoms with Crippen molar-refractivity contribution in [1.82, 2.24) is 0 Å². The van der Waals surface area contributed by atoms with Crippen LogP contribution in [0.5, 0.6) is 5.75 Å². The minimum Gasteiger partial charge on any atom is -0.494 e. The van der Waals surface area contributed by atoms with Gasteiger partial charge in [-0.3, -0.25) is 9.69 Å². The van der Waals surface area contributed by atoms with E-state index in [0.29, 0.717) is 40.4 Å². The molecule has 0 bridgehead atoms. The fourth-order valence-electron chi connectivity index (χ4n) is 3.14. The minimum absolute atomic E-state index is 0.186. The van der Waals surface area contributed by atoms with Gasteiger partial charge in [-0.25, -0.2) is 4.79 Å². The number of cyclic esters (lactones) is 1. The summed E-state index contributed by atoms with van der Waals surface area (Å²) in [6.07, 6.45) is -0.395. The van der Waals surface area contributed by atoms with Crippen molar-refractivity contribution in [3.8, 4) is 5.75 Å². The highest BCUT2D eigenvalue weighted by Gasteiger charge is 2.26. The predicted octanol–water partition coefficient (Wildman–Crippen LogP) is 4.38. The minimum atomic E-state index is -0.395. The van der Waals surface area contributed by atoms with E-state index < -0.39 is 6.09 Å². The number of methoxy groups -OCH3 is 1. The molecule has 146 valence electrons. The van der Waals surface area contributed by atoms with Crippen LogP contribution in [0.2, 0.25) is 0 Å². The van der Waals surface area contributed by atoms with E-state index in [1.54, 1.807) is 18.2 Å². The van der Waals surface area contributed by atoms with Gasteiger partial charge in [0.15, 0.2) is 0 Å². The molecule has 2 aromatic rings. The maximum atomic E-state index is 12.6. The van der Waals surface area contributed by atoms with Crippen LogP contribution in [-0.4, -0.2) is 43.8 Å². The molecule has 2 fully saturated rings. The lowest BCUT2D eigenvalue weighted by atomic mass is 10.1. The monoisotopic (exact) mass is 416 g/mol. The Bertz CT molecular complexity index is 882. The number of benzene rings is 2. The van der Waals surface area contributed by atoms with Crippen LogP contribution in [0.15, 0.2) is 42.5 Å². The van der Waals surface area contributed by atoms with Gasteiger partial charge < -0.3 is 14.8 Å². The Morgan fingerprint density at radius 1 is 1.18 bits per heavy atom. The largest absolute Gasteiger partial charge is 0.494 e. The van der Waals surface area contributed by atoms with Crippen LogP contribution in [0.1, 0.15) is 20.5 Å². The molecular formula is C20H20N2O4S2. The summed E-state index contributed by atoms with van der Waals surface area (Å²) in [7, 11) is 1.53. The molecule has 0 aliphatic carbocycles. The van der Waals surface area contributed by atoms with Crippen LogP contribution in [0.4, 0.5) is 16.2 Å². The smallest absolute Gasteiger partial charge is 0.414 e. The molecule has 8 heteroatoms. The second-order valence-electron chi connectivity index (χ2n) is 6.30. The number of nitrogens with one attached hydrogen (secondary N) is 1. The van der Waals surface area contributed by atoms with E-state index in [-0.39, 0.29) is 5.91 Å². The molecule has 0 unspecified atom stereocenters. The summed E-state index contributed by atoms with van der Waals surface area (Å²) in [6, 6.07) is 13.0. The van der Waals surface area contributed by atoms with Gasteiger partial charge in [0.25, 0.3) is 5.91 Å². The number of carbonyl (C=O) groups is 2. The summed E-state index contributed by atoms with van der Waals surface area (Å²) < 4.78 is 10.8. The molecule has 0 radical (unpaired) electrons. The van der Waals surface area contributed by atoms with Crippen LogP contribution in [0.25, 0.3) is 0 Å². The molecular weight excluding hydrogens is 396 g/mol. The van der Waals surface area contributed by atoms with Crippen molar-refractivity contribution < 1.29 is 19.1 Å². The lowest BCUT2D eigenvalue weighted by molar-refractivity contribution is 0.102. The highest BCUT2D eigenvalue weighted by Crippen LogP contribution is 2.45. The number of amides is 2. The number of thioether (sulfide) groups is 2. The van der Waals surface area contributed by atoms with Gasteiger partial charge in [0.1, 0.15) is 12.4 Å². The van der Waals surface area contributed by atoms with Crippen LogP contribution in [-0.2, 0) is 4.74 Å². The molecule has 0 saturated carbocycles. The summed E-state index contributed by atoms with van der Waals surface area (Å²) in [5, 5.41) is 2.89. The second-order valence-corrected chi connectivity index (χ2v) is 9.03. The predicted molar refractivity (Wildman–Crippen MR) is 114 cm³/mol. The number of nitrogens with zero attached hydrogens (tertiary/aromatic N) is 1. The van der Waals surface area contributed by atoms with Crippen molar-refractivity contribution in [1.29, 1.82) is 0 Å². The van der Waals surface area contributed by atoms with Gasteiger partial charge >= 0.3 is 6.09 Å². The van der Waals surface area contributed by atoms with Crippen molar-refractivity contribution in [3.05, 3.63) is 53.6 Å². The number of carbonyl (C=O) groups excluding carboxylic acids is 2. The zero-order chi connectivity index (χ0) is 19.5. The van der Waals surface area contributed by atoms with Crippen LogP contribution in [0.3, 0.4) is 0 Å². The molecule has 2 aliphatic rings. The summed E-state index contributed by atoms with van der Waals surface area (Å²) in [5.74, 6) is 2.66. The number of anilines is 2. The van der Waals surface area contributed by atoms with E-state index in [1.165, 1.54) is 29.1 Å². The molecule has 0 spiro atoms. The van der Waals surface area contributed by atoms with Gasteiger partial charge in [-0.15, -0.1) is 23.5 Å². The normalized spacial score (nSPS) is 16.9. The van der Waals surface area contributed by atoms with Gasteiger partial charge in [-0.05, 0) is 29.8 Å². The van der Waals surface area contributed by atoms with Gasteiger partial charge in [-0.1, -0.05) is 12.1 Å². The van der Waals surface area contributed by atoms with Gasteiger partial charge in [0.05, 0.1) is 23.9 Å². The molecule has 2 saturated heterocycles. The standard InChI is InChI=1S/C20H20N2O4S2/c1-25-17-12-15(6-7-16(17)22-8-9-26-20(22)24)21-18(23)13-2-4-14(5-3-13)19-27-10-11-28-19/h2-7,12,19H,8-11H2,1H3,(H,21,23). The van der Waals surface area contributed by atoms with Gasteiger partial charge in [0.2, 0.25) is 0 Å². The zero-order valence-corrected chi connectivity index (χ0v) is 17.0. The van der Waals surface area contributed by atoms with Crippen molar-refractivity contribution in [2.75, 3.05) is 42.0 Å². The van der Waals surface area contributed by atoms with Gasteiger partial charge in [-0.2, -0.15) is 0 Å². The average molecular weight is 417 g/mol. The van der Waals surface area contributed by atoms with Crippen molar-refractivity contribution in [3.63, 3.8) is 0 Å². The first-order valence-corrected chi connectivity index (χ1v) is 11.0. The van der Waals surface area contributed by atoms with E-state index in [4.69, 9.17) is 9.47 Å². The molecule has 2 aliphatic heterocycles. The van der Waals surface area contributed by atoms with Crippen LogP contribution in [0, 0.1) is 0 Å². The quantitative estimate of drug-likeness (QED) is 0.780. The number of hydrogen-bond acceptors (Lipinski definition) is 6. The fraction of sp³-hybridized carbons (Fsp3) is 0.300. The first-order chi connectivity index (χ1) is 13.7. The number of ether oxygens (including phenoxy) is 2. The Hall–Kier alpha value is -2.32. The van der Waals surface area contributed by atoms with E-state index in [2.05, 4.69) is 5.32 Å². The first kappa shape index (κ1) is 19.0. The number of rotatable bonds is 5. The van der Waals surface area contributed by atoms with Gasteiger partial charge in [0, 0.05) is 28.8 Å². The molecule has 6 nitrogen and oxygen atoms in total. The Balaban J connectivity index is 1.47. The summed E-state index contributed by atoms with van der Waals surface area (Å²) in [6.45, 7) is 0.832. The lowest BCUT2D eigenvalue weighted by Gasteiger charge is -2.17. The topological polar surface area (TPSA) is 67.9 Å². The molecule has 2 heterocycles. The number of hydrogen-bond donors (Lipinski definition) is 1. The Kier molecular flexibility index (Phi) is 5.68. The maximum Gasteiger partial charge on any atom is 0.414 e. The Morgan fingerprint density at radius 3 is 2.57 bits per heavy atom. The average Bonchev–Trinajstić information content (AvgIpc) is 3.40. The molecule has 1 N–H and O–H groups in total. The third kappa shape index (κ3) is 3.93. The van der Waals surface area contributed by atoms with Crippen molar-refractivity contribution in [2.24, 2.45) is 0 Å². The molecule has 0 aromatic heterocycles. The highest BCUT2D eigenvalue weighted by molar-refractivity contribution is 8.19. The Morgan fingerprint density at radius 2 is 1.93 bits per heavy atom. The molecule has 2 aromatic carbocycles. The van der Waals surface area contributed by atoms with Crippen LogP contribution >= 0.6 is 23.5 Å². The summed E-state index contributed by atoms with van der Waals surface area (Å²) >= 11 is 3.88. The molecule has 0 atom stereocenters. The third-order valence-corrected chi connectivity index (χ3v) is 7.66. The summed E-state index contributed by atoms with van der Waals surface area (Å²) in [4.78, 5) is 25.9. The summed E-state index contributed by atoms with van der Waals surface area (Å²) in [5.41, 5.74) is 3.07.